The molecule has 1 heterocycles. The van der Waals surface area contributed by atoms with Crippen molar-refractivity contribution in [3.63, 3.8) is 0 Å². The summed E-state index contributed by atoms with van der Waals surface area (Å²) in [5.41, 5.74) is 2.46. The number of nitrogens with one attached hydrogen (secondary N) is 1. The molecule has 0 saturated carbocycles. The van der Waals surface area contributed by atoms with Crippen molar-refractivity contribution < 1.29 is 4.79 Å². The summed E-state index contributed by atoms with van der Waals surface area (Å²) in [6, 6.07) is 8.67. The summed E-state index contributed by atoms with van der Waals surface area (Å²) in [7, 11) is 0. The van der Waals surface area contributed by atoms with Crippen molar-refractivity contribution in [2.75, 3.05) is 18.0 Å². The molecule has 1 aliphatic rings. The molecule has 1 aromatic rings. The van der Waals surface area contributed by atoms with Crippen LogP contribution < -0.4 is 10.2 Å². The molecule has 0 aromatic heterocycles. The number of amides is 1. The summed E-state index contributed by atoms with van der Waals surface area (Å²) in [5.74, 6) is 0.217. The van der Waals surface area contributed by atoms with E-state index >= 15 is 0 Å². The molecule has 1 N–H and O–H groups in total. The molecule has 0 spiro atoms. The first-order chi connectivity index (χ1) is 8.91. The lowest BCUT2D eigenvalue weighted by Crippen LogP contribution is -2.32. The van der Waals surface area contributed by atoms with E-state index in [-0.39, 0.29) is 11.3 Å². The Balaban J connectivity index is 2.13. The molecule has 1 atom stereocenters. The summed E-state index contributed by atoms with van der Waals surface area (Å²) in [5, 5.41) is 3.35. The summed E-state index contributed by atoms with van der Waals surface area (Å²) in [6.45, 7) is 10.4. The average molecular weight is 260 g/mol. The highest BCUT2D eigenvalue weighted by Gasteiger charge is 2.29. The van der Waals surface area contributed by atoms with Crippen LogP contribution in [0.2, 0.25) is 0 Å². The lowest BCUT2D eigenvalue weighted by Gasteiger charge is -2.21. The quantitative estimate of drug-likeness (QED) is 0.906. The van der Waals surface area contributed by atoms with Crippen LogP contribution in [0.25, 0.3) is 0 Å². The van der Waals surface area contributed by atoms with Gasteiger partial charge in [0.1, 0.15) is 0 Å². The van der Waals surface area contributed by atoms with Gasteiger partial charge in [-0.15, -0.1) is 0 Å². The molecule has 104 valence electrons. The first-order valence-corrected chi connectivity index (χ1v) is 7.06. The maximum atomic E-state index is 12.0. The summed E-state index contributed by atoms with van der Waals surface area (Å²) in [4.78, 5) is 13.9. The second-order valence-corrected chi connectivity index (χ2v) is 6.26. The van der Waals surface area contributed by atoms with E-state index in [0.29, 0.717) is 12.5 Å². The molecular weight excluding hydrogens is 236 g/mol. The van der Waals surface area contributed by atoms with Crippen LogP contribution in [-0.4, -0.2) is 25.0 Å². The predicted molar refractivity (Wildman–Crippen MR) is 79.6 cm³/mol. The standard InChI is InChI=1S/C16H24N2O/c1-5-17-13-10-15(19)18(11-13)14-8-6-12(7-9-14)16(2,3)4/h6-9,13,17H,5,10-11H2,1-4H3. The van der Waals surface area contributed by atoms with Gasteiger partial charge in [0.15, 0.2) is 0 Å². The van der Waals surface area contributed by atoms with Crippen molar-refractivity contribution in [3.8, 4) is 0 Å². The second kappa shape index (κ2) is 5.33. The minimum atomic E-state index is 0.153. The number of anilines is 1. The van der Waals surface area contributed by atoms with E-state index in [4.69, 9.17) is 0 Å². The van der Waals surface area contributed by atoms with E-state index in [0.717, 1.165) is 18.8 Å². The van der Waals surface area contributed by atoms with Gasteiger partial charge in [-0.3, -0.25) is 4.79 Å². The van der Waals surface area contributed by atoms with Gasteiger partial charge in [-0.1, -0.05) is 39.8 Å². The molecule has 0 aliphatic carbocycles. The number of carbonyl (C=O) groups excluding carboxylic acids is 1. The minimum absolute atomic E-state index is 0.153. The van der Waals surface area contributed by atoms with Gasteiger partial charge in [0.25, 0.3) is 0 Å². The fraction of sp³-hybridized carbons (Fsp3) is 0.562. The molecule has 3 nitrogen and oxygen atoms in total. The normalized spacial score (nSPS) is 20.1. The van der Waals surface area contributed by atoms with Gasteiger partial charge >= 0.3 is 0 Å². The van der Waals surface area contributed by atoms with Crippen molar-refractivity contribution in [2.24, 2.45) is 0 Å². The smallest absolute Gasteiger partial charge is 0.228 e. The molecule has 0 radical (unpaired) electrons. The van der Waals surface area contributed by atoms with E-state index in [1.807, 2.05) is 4.90 Å². The maximum absolute atomic E-state index is 12.0. The van der Waals surface area contributed by atoms with Crippen molar-refractivity contribution in [1.82, 2.24) is 5.32 Å². The van der Waals surface area contributed by atoms with Crippen LogP contribution in [0.15, 0.2) is 24.3 Å². The second-order valence-electron chi connectivity index (χ2n) is 6.26. The van der Waals surface area contributed by atoms with Crippen LogP contribution in [-0.2, 0) is 10.2 Å². The Morgan fingerprint density at radius 1 is 1.26 bits per heavy atom. The molecule has 1 amide bonds. The molecule has 1 aromatic carbocycles. The van der Waals surface area contributed by atoms with Crippen LogP contribution in [0.3, 0.4) is 0 Å². The molecule has 1 saturated heterocycles. The van der Waals surface area contributed by atoms with E-state index in [9.17, 15) is 4.79 Å². The third-order valence-electron chi connectivity index (χ3n) is 3.66. The van der Waals surface area contributed by atoms with Crippen LogP contribution in [0, 0.1) is 0 Å². The fourth-order valence-corrected chi connectivity index (χ4v) is 2.52. The Morgan fingerprint density at radius 2 is 1.89 bits per heavy atom. The van der Waals surface area contributed by atoms with Gasteiger partial charge in [0.05, 0.1) is 0 Å². The molecule has 19 heavy (non-hydrogen) atoms. The summed E-state index contributed by atoms with van der Waals surface area (Å²) in [6.07, 6.45) is 0.606. The average Bonchev–Trinajstić information content (AvgIpc) is 2.70. The molecule has 3 heteroatoms. The molecule has 2 rings (SSSR count). The van der Waals surface area contributed by atoms with Crippen LogP contribution >= 0.6 is 0 Å². The SMILES string of the molecule is CCNC1CC(=O)N(c2ccc(C(C)(C)C)cc2)C1. The van der Waals surface area contributed by atoms with Gasteiger partial charge in [0.2, 0.25) is 5.91 Å². The lowest BCUT2D eigenvalue weighted by atomic mass is 9.87. The fourth-order valence-electron chi connectivity index (χ4n) is 2.52. The van der Waals surface area contributed by atoms with Gasteiger partial charge in [-0.2, -0.15) is 0 Å². The number of hydrogen-bond donors (Lipinski definition) is 1. The Kier molecular flexibility index (Phi) is 3.95. The summed E-state index contributed by atoms with van der Waals surface area (Å²) >= 11 is 0. The van der Waals surface area contributed by atoms with Gasteiger partial charge in [0, 0.05) is 24.7 Å². The number of rotatable bonds is 3. The highest BCUT2D eigenvalue weighted by Crippen LogP contribution is 2.27. The first kappa shape index (κ1) is 14.1. The van der Waals surface area contributed by atoms with Crippen molar-refractivity contribution in [3.05, 3.63) is 29.8 Å². The Hall–Kier alpha value is -1.35. The van der Waals surface area contributed by atoms with Gasteiger partial charge in [-0.25, -0.2) is 0 Å². The third-order valence-corrected chi connectivity index (χ3v) is 3.66. The maximum Gasteiger partial charge on any atom is 0.228 e. The zero-order chi connectivity index (χ0) is 14.0. The number of hydrogen-bond acceptors (Lipinski definition) is 2. The van der Waals surface area contributed by atoms with E-state index in [1.165, 1.54) is 5.56 Å². The topological polar surface area (TPSA) is 32.3 Å². The molecule has 1 aliphatic heterocycles. The van der Waals surface area contributed by atoms with Gasteiger partial charge in [-0.05, 0) is 29.7 Å². The van der Waals surface area contributed by atoms with Crippen LogP contribution in [0.5, 0.6) is 0 Å². The number of likely N-dealkylation sites (N-methyl/N-ethyl adjacent to an activating group) is 1. The predicted octanol–water partition coefficient (Wildman–Crippen LogP) is 2.70. The van der Waals surface area contributed by atoms with E-state index in [1.54, 1.807) is 0 Å². The number of benzene rings is 1. The van der Waals surface area contributed by atoms with E-state index < -0.39 is 0 Å². The zero-order valence-electron chi connectivity index (χ0n) is 12.4. The first-order valence-electron chi connectivity index (χ1n) is 7.06. The Labute approximate surface area is 116 Å². The highest BCUT2D eigenvalue weighted by atomic mass is 16.2. The Morgan fingerprint density at radius 3 is 2.42 bits per heavy atom. The Bertz CT molecular complexity index is 445. The molecule has 1 fully saturated rings. The van der Waals surface area contributed by atoms with Gasteiger partial charge < -0.3 is 10.2 Å². The lowest BCUT2D eigenvalue weighted by molar-refractivity contribution is -0.117. The number of nitrogens with zero attached hydrogens (tertiary/aromatic N) is 1. The number of carbonyl (C=O) groups is 1. The molecule has 1 unspecified atom stereocenters. The van der Waals surface area contributed by atoms with Crippen LogP contribution in [0.4, 0.5) is 5.69 Å². The largest absolute Gasteiger partial charge is 0.312 e. The molecule has 0 bridgehead atoms. The van der Waals surface area contributed by atoms with Crippen LogP contribution in [0.1, 0.15) is 39.7 Å². The minimum Gasteiger partial charge on any atom is -0.312 e. The monoisotopic (exact) mass is 260 g/mol. The van der Waals surface area contributed by atoms with Crippen molar-refractivity contribution >= 4 is 11.6 Å². The molecular formula is C16H24N2O. The zero-order valence-corrected chi connectivity index (χ0v) is 12.4. The summed E-state index contributed by atoms with van der Waals surface area (Å²) < 4.78 is 0. The third kappa shape index (κ3) is 3.16. The van der Waals surface area contributed by atoms with E-state index in [2.05, 4.69) is 57.3 Å². The highest BCUT2D eigenvalue weighted by molar-refractivity contribution is 5.96. The van der Waals surface area contributed by atoms with Crippen molar-refractivity contribution in [1.29, 1.82) is 0 Å². The van der Waals surface area contributed by atoms with Crippen molar-refractivity contribution in [2.45, 2.75) is 45.6 Å².